The molecule has 1 atom stereocenters. The summed E-state index contributed by atoms with van der Waals surface area (Å²) in [6, 6.07) is 14.6. The van der Waals surface area contributed by atoms with Gasteiger partial charge in [-0.1, -0.05) is 32.0 Å². The number of carbonyl (C=O) groups excluding carboxylic acids is 3. The molecule has 0 saturated carbocycles. The van der Waals surface area contributed by atoms with Gasteiger partial charge in [0.05, 0.1) is 11.6 Å². The zero-order valence-electron chi connectivity index (χ0n) is 27.5. The van der Waals surface area contributed by atoms with Crippen LogP contribution < -0.4 is 5.32 Å². The molecule has 244 valence electrons. The van der Waals surface area contributed by atoms with Crippen molar-refractivity contribution in [1.29, 1.82) is 0 Å². The van der Waals surface area contributed by atoms with Gasteiger partial charge in [0, 0.05) is 66.9 Å². The van der Waals surface area contributed by atoms with Crippen LogP contribution in [0, 0.1) is 11.3 Å². The lowest BCUT2D eigenvalue weighted by Crippen LogP contribution is -2.42. The lowest BCUT2D eigenvalue weighted by Gasteiger charge is -2.37. The normalized spacial score (nSPS) is 21.8. The number of benzene rings is 2. The van der Waals surface area contributed by atoms with Crippen molar-refractivity contribution in [2.75, 3.05) is 26.2 Å². The van der Waals surface area contributed by atoms with Gasteiger partial charge < -0.3 is 9.88 Å². The van der Waals surface area contributed by atoms with E-state index in [4.69, 9.17) is 0 Å². The second kappa shape index (κ2) is 11.8. The number of nitrogens with one attached hydrogen (secondary N) is 3. The van der Waals surface area contributed by atoms with Crippen molar-refractivity contribution in [2.24, 2.45) is 11.3 Å². The number of aromatic amines is 2. The number of hydrogen-bond acceptors (Lipinski definition) is 5. The molecule has 47 heavy (non-hydrogen) atoms. The van der Waals surface area contributed by atoms with E-state index in [0.29, 0.717) is 24.2 Å². The van der Waals surface area contributed by atoms with Crippen molar-refractivity contribution < 1.29 is 14.4 Å². The molecule has 0 bridgehead atoms. The van der Waals surface area contributed by atoms with E-state index in [9.17, 15) is 14.4 Å². The van der Waals surface area contributed by atoms with Crippen molar-refractivity contribution in [1.82, 2.24) is 30.3 Å². The fraction of sp³-hybridized carbons (Fsp3) is 0.474. The zero-order chi connectivity index (χ0) is 32.3. The quantitative estimate of drug-likeness (QED) is 0.252. The first-order valence-electron chi connectivity index (χ1n) is 17.4. The monoisotopic (exact) mass is 632 g/mol. The Morgan fingerprint density at radius 1 is 0.957 bits per heavy atom. The highest BCUT2D eigenvalue weighted by Gasteiger charge is 2.31. The Morgan fingerprint density at radius 2 is 1.81 bits per heavy atom. The predicted octanol–water partition coefficient (Wildman–Crippen LogP) is 5.50. The first-order valence-corrected chi connectivity index (χ1v) is 17.4. The van der Waals surface area contributed by atoms with Crippen molar-refractivity contribution in [3.8, 4) is 11.4 Å². The molecular formula is C38H44N6O3. The molecule has 4 aromatic rings. The van der Waals surface area contributed by atoms with Crippen LogP contribution in [0.25, 0.3) is 22.3 Å². The zero-order valence-corrected chi connectivity index (χ0v) is 27.5. The minimum Gasteiger partial charge on any atom is -0.353 e. The molecule has 5 heterocycles. The molecule has 1 unspecified atom stereocenters. The van der Waals surface area contributed by atoms with Gasteiger partial charge >= 0.3 is 0 Å². The standard InChI is InChI=1S/C38H44N6O3/c1-38(2)13-9-30-33(20-38)41-42-35(30)32-19-28-18-26(5-7-31(28)39-32)37(47)44-15-10-23(11-16-44)21-43-14-12-24-17-25(3-4-27(24)22-43)29-6-8-34(45)40-36(29)46/h3-5,7,17-19,23,29,39H,6,8-16,20-22H2,1-2H3,(H,41,42)(H,40,45,46). The highest BCUT2D eigenvalue weighted by Crippen LogP contribution is 2.38. The number of hydrogen-bond donors (Lipinski definition) is 3. The first-order chi connectivity index (χ1) is 22.7. The molecule has 3 N–H and O–H groups in total. The second-order valence-electron chi connectivity index (χ2n) is 15.1. The maximum atomic E-state index is 13.6. The Balaban J connectivity index is 0.867. The molecular weight excluding hydrogens is 588 g/mol. The van der Waals surface area contributed by atoms with Crippen molar-refractivity contribution >= 4 is 28.6 Å². The summed E-state index contributed by atoms with van der Waals surface area (Å²) < 4.78 is 0. The number of nitrogens with zero attached hydrogens (tertiary/aromatic N) is 3. The molecule has 9 nitrogen and oxygen atoms in total. The third kappa shape index (κ3) is 5.90. The number of carbonyl (C=O) groups is 3. The molecule has 1 aliphatic carbocycles. The fourth-order valence-electron chi connectivity index (χ4n) is 8.35. The second-order valence-corrected chi connectivity index (χ2v) is 15.1. The summed E-state index contributed by atoms with van der Waals surface area (Å²) >= 11 is 0. The average molecular weight is 633 g/mol. The minimum atomic E-state index is -0.230. The van der Waals surface area contributed by atoms with Crippen molar-refractivity contribution in [3.63, 3.8) is 0 Å². The van der Waals surface area contributed by atoms with Gasteiger partial charge in [0.2, 0.25) is 11.8 Å². The molecule has 2 fully saturated rings. The SMILES string of the molecule is CC1(C)CCc2c(-c3cc4cc(C(=O)N5CCC(CN6CCc7cc(C8CCC(=O)NC8=O)ccc7C6)CC5)ccc4[nH]3)n[nH]c2C1. The van der Waals surface area contributed by atoms with E-state index in [2.05, 4.69) is 63.5 Å². The third-order valence-corrected chi connectivity index (χ3v) is 11.2. The van der Waals surface area contributed by atoms with Gasteiger partial charge in [-0.15, -0.1) is 0 Å². The largest absolute Gasteiger partial charge is 0.353 e. The Labute approximate surface area is 275 Å². The summed E-state index contributed by atoms with van der Waals surface area (Å²) in [5, 5.41) is 11.5. The molecule has 3 amide bonds. The summed E-state index contributed by atoms with van der Waals surface area (Å²) in [7, 11) is 0. The molecule has 3 aliphatic heterocycles. The van der Waals surface area contributed by atoms with Crippen LogP contribution in [0.3, 0.4) is 0 Å². The maximum absolute atomic E-state index is 13.6. The van der Waals surface area contributed by atoms with Gasteiger partial charge in [-0.05, 0) is 97.2 Å². The summed E-state index contributed by atoms with van der Waals surface area (Å²) in [6.45, 7) is 9.17. The smallest absolute Gasteiger partial charge is 0.253 e. The number of likely N-dealkylation sites (tertiary alicyclic amines) is 1. The van der Waals surface area contributed by atoms with Crippen molar-refractivity contribution in [3.05, 3.63) is 76.0 Å². The molecule has 2 aromatic heterocycles. The number of imide groups is 1. The number of aromatic nitrogens is 3. The van der Waals surface area contributed by atoms with Gasteiger partial charge in [-0.25, -0.2) is 0 Å². The molecule has 2 aromatic carbocycles. The summed E-state index contributed by atoms with van der Waals surface area (Å²) in [5.41, 5.74) is 10.3. The average Bonchev–Trinajstić information content (AvgIpc) is 3.67. The highest BCUT2D eigenvalue weighted by molar-refractivity contribution is 6.01. The van der Waals surface area contributed by atoms with Crippen molar-refractivity contribution in [2.45, 2.75) is 77.7 Å². The van der Waals surface area contributed by atoms with Gasteiger partial charge in [0.15, 0.2) is 0 Å². The number of amides is 3. The summed E-state index contributed by atoms with van der Waals surface area (Å²) in [6.07, 6.45) is 7.20. The molecule has 0 radical (unpaired) electrons. The molecule has 4 aliphatic rings. The Bertz CT molecular complexity index is 1880. The maximum Gasteiger partial charge on any atom is 0.253 e. The fourth-order valence-corrected chi connectivity index (χ4v) is 8.35. The molecule has 8 rings (SSSR count). The van der Waals surface area contributed by atoms with Crippen LogP contribution in [0.15, 0.2) is 42.5 Å². The van der Waals surface area contributed by atoms with Crippen LogP contribution in [0.5, 0.6) is 0 Å². The predicted molar refractivity (Wildman–Crippen MR) is 181 cm³/mol. The topological polar surface area (TPSA) is 114 Å². The summed E-state index contributed by atoms with van der Waals surface area (Å²) in [4.78, 5) is 45.6. The van der Waals surface area contributed by atoms with E-state index in [1.165, 1.54) is 22.4 Å². The van der Waals surface area contributed by atoms with E-state index in [0.717, 1.165) is 105 Å². The lowest BCUT2D eigenvalue weighted by atomic mass is 9.76. The molecule has 0 spiro atoms. The number of piperidine rings is 2. The van der Waals surface area contributed by atoms with Crippen LogP contribution >= 0.6 is 0 Å². The van der Waals surface area contributed by atoms with E-state index < -0.39 is 0 Å². The van der Waals surface area contributed by atoms with Crippen LogP contribution in [0.4, 0.5) is 0 Å². The van der Waals surface area contributed by atoms with Gasteiger partial charge in [0.25, 0.3) is 5.91 Å². The van der Waals surface area contributed by atoms with Crippen LogP contribution in [0.2, 0.25) is 0 Å². The van der Waals surface area contributed by atoms with Gasteiger partial charge in [0.1, 0.15) is 5.69 Å². The highest BCUT2D eigenvalue weighted by atomic mass is 16.2. The Kier molecular flexibility index (Phi) is 7.54. The van der Waals surface area contributed by atoms with Gasteiger partial charge in [-0.3, -0.25) is 29.7 Å². The Hall–Kier alpha value is -4.24. The lowest BCUT2D eigenvalue weighted by molar-refractivity contribution is -0.134. The number of rotatable bonds is 5. The first kappa shape index (κ1) is 30.1. The van der Waals surface area contributed by atoms with Gasteiger partial charge in [-0.2, -0.15) is 5.10 Å². The molecule has 9 heteroatoms. The van der Waals surface area contributed by atoms with Crippen LogP contribution in [-0.4, -0.2) is 68.9 Å². The molecule has 2 saturated heterocycles. The van der Waals surface area contributed by atoms with E-state index in [1.54, 1.807) is 0 Å². The van der Waals surface area contributed by atoms with E-state index >= 15 is 0 Å². The van der Waals surface area contributed by atoms with E-state index in [-0.39, 0.29) is 23.6 Å². The number of fused-ring (bicyclic) bond motifs is 3. The van der Waals surface area contributed by atoms with Crippen LogP contribution in [-0.2, 0) is 35.4 Å². The van der Waals surface area contributed by atoms with Crippen LogP contribution in [0.1, 0.15) is 90.2 Å². The Morgan fingerprint density at radius 3 is 2.64 bits per heavy atom. The van der Waals surface area contributed by atoms with E-state index in [1.807, 2.05) is 23.1 Å². The number of H-pyrrole nitrogens is 2. The minimum absolute atomic E-state index is 0.117. The third-order valence-electron chi connectivity index (χ3n) is 11.2. The summed E-state index contributed by atoms with van der Waals surface area (Å²) in [5.74, 6) is 0.117.